The van der Waals surface area contributed by atoms with E-state index < -0.39 is 0 Å². The van der Waals surface area contributed by atoms with Crippen molar-refractivity contribution in [1.82, 2.24) is 4.90 Å². The van der Waals surface area contributed by atoms with E-state index in [4.69, 9.17) is 4.74 Å². The van der Waals surface area contributed by atoms with Crippen LogP contribution < -0.4 is 4.74 Å². The van der Waals surface area contributed by atoms with E-state index in [2.05, 4.69) is 11.8 Å². The van der Waals surface area contributed by atoms with Gasteiger partial charge in [0.1, 0.15) is 5.75 Å². The van der Waals surface area contributed by atoms with Gasteiger partial charge in [0, 0.05) is 43.1 Å². The van der Waals surface area contributed by atoms with Gasteiger partial charge in [-0.2, -0.15) is 11.8 Å². The maximum atomic E-state index is 12.1. The topological polar surface area (TPSA) is 29.5 Å². The highest BCUT2D eigenvalue weighted by Crippen LogP contribution is 2.15. The number of hydrogen-bond donors (Lipinski definition) is 0. The minimum absolute atomic E-state index is 0. The molecule has 0 atom stereocenters. The van der Waals surface area contributed by atoms with E-state index in [0.29, 0.717) is 6.42 Å². The lowest BCUT2D eigenvalue weighted by molar-refractivity contribution is 0.0966. The molecule has 1 aliphatic rings. The number of benzene rings is 1. The van der Waals surface area contributed by atoms with E-state index in [9.17, 15) is 4.79 Å². The molecule has 0 saturated carbocycles. The van der Waals surface area contributed by atoms with E-state index in [1.165, 1.54) is 11.5 Å². The van der Waals surface area contributed by atoms with Gasteiger partial charge in [-0.3, -0.25) is 4.79 Å². The molecule has 1 aromatic carbocycles. The van der Waals surface area contributed by atoms with Crippen LogP contribution in [0.2, 0.25) is 0 Å². The second-order valence-corrected chi connectivity index (χ2v) is 6.22. The molecule has 21 heavy (non-hydrogen) atoms. The van der Waals surface area contributed by atoms with E-state index in [-0.39, 0.29) is 18.2 Å². The summed E-state index contributed by atoms with van der Waals surface area (Å²) in [5.74, 6) is 3.46. The lowest BCUT2D eigenvalue weighted by Gasteiger charge is -2.25. The average molecular weight is 330 g/mol. The standard InChI is InChI=1S/C16H23NO2S.ClH/c1-2-11-19-15-5-3-14(4-6-15)16(18)7-8-17-9-12-20-13-10-17;/h3-6H,2,7-13H2,1H3;1H. The molecule has 5 heteroatoms. The van der Waals surface area contributed by atoms with Gasteiger partial charge in [0.15, 0.2) is 5.78 Å². The van der Waals surface area contributed by atoms with Crippen LogP contribution in [-0.4, -0.2) is 48.4 Å². The molecule has 1 saturated heterocycles. The van der Waals surface area contributed by atoms with Crippen molar-refractivity contribution in [1.29, 1.82) is 0 Å². The quantitative estimate of drug-likeness (QED) is 0.716. The monoisotopic (exact) mass is 329 g/mol. The summed E-state index contributed by atoms with van der Waals surface area (Å²) in [6, 6.07) is 7.53. The van der Waals surface area contributed by atoms with Gasteiger partial charge in [0.05, 0.1) is 6.61 Å². The van der Waals surface area contributed by atoms with E-state index in [1.54, 1.807) is 0 Å². The Morgan fingerprint density at radius 1 is 1.24 bits per heavy atom. The molecule has 0 bridgehead atoms. The fourth-order valence-corrected chi connectivity index (χ4v) is 3.16. The Morgan fingerprint density at radius 3 is 2.52 bits per heavy atom. The van der Waals surface area contributed by atoms with Crippen LogP contribution >= 0.6 is 24.2 Å². The smallest absolute Gasteiger partial charge is 0.164 e. The van der Waals surface area contributed by atoms with Crippen molar-refractivity contribution < 1.29 is 9.53 Å². The van der Waals surface area contributed by atoms with Crippen molar-refractivity contribution in [3.8, 4) is 5.75 Å². The maximum Gasteiger partial charge on any atom is 0.164 e. The normalized spacial score (nSPS) is 15.3. The SMILES string of the molecule is CCCOc1ccc(C(=O)CCN2CCSCC2)cc1.Cl. The number of rotatable bonds is 7. The zero-order chi connectivity index (χ0) is 14.2. The van der Waals surface area contributed by atoms with Gasteiger partial charge in [-0.25, -0.2) is 0 Å². The highest BCUT2D eigenvalue weighted by molar-refractivity contribution is 7.99. The van der Waals surface area contributed by atoms with Crippen LogP contribution in [-0.2, 0) is 0 Å². The predicted molar refractivity (Wildman–Crippen MR) is 92.2 cm³/mol. The molecule has 1 aliphatic heterocycles. The van der Waals surface area contributed by atoms with Crippen LogP contribution in [0.3, 0.4) is 0 Å². The Kier molecular flexibility index (Phi) is 8.81. The maximum absolute atomic E-state index is 12.1. The van der Waals surface area contributed by atoms with Gasteiger partial charge < -0.3 is 9.64 Å². The highest BCUT2D eigenvalue weighted by atomic mass is 35.5. The third-order valence-corrected chi connectivity index (χ3v) is 4.35. The van der Waals surface area contributed by atoms with Gasteiger partial charge in [-0.05, 0) is 30.7 Å². The largest absolute Gasteiger partial charge is 0.494 e. The molecular weight excluding hydrogens is 306 g/mol. The number of ketones is 1. The molecule has 1 aromatic rings. The molecule has 3 nitrogen and oxygen atoms in total. The van der Waals surface area contributed by atoms with E-state index in [0.717, 1.165) is 44.0 Å². The zero-order valence-corrected chi connectivity index (χ0v) is 14.2. The van der Waals surface area contributed by atoms with Crippen LogP contribution in [0, 0.1) is 0 Å². The molecule has 0 aliphatic carbocycles. The Morgan fingerprint density at radius 2 is 1.90 bits per heavy atom. The number of thioether (sulfide) groups is 1. The fourth-order valence-electron chi connectivity index (χ4n) is 2.19. The van der Waals surface area contributed by atoms with Crippen LogP contribution in [0.1, 0.15) is 30.1 Å². The summed E-state index contributed by atoms with van der Waals surface area (Å²) < 4.78 is 5.52. The van der Waals surface area contributed by atoms with Gasteiger partial charge in [0.25, 0.3) is 0 Å². The Labute approximate surface area is 137 Å². The number of ether oxygens (including phenoxy) is 1. The summed E-state index contributed by atoms with van der Waals surface area (Å²) in [4.78, 5) is 14.5. The molecule has 1 heterocycles. The summed E-state index contributed by atoms with van der Waals surface area (Å²) in [6.45, 7) is 5.91. The average Bonchev–Trinajstić information content (AvgIpc) is 2.52. The number of carbonyl (C=O) groups excluding carboxylic acids is 1. The summed E-state index contributed by atoms with van der Waals surface area (Å²) >= 11 is 2.00. The van der Waals surface area contributed by atoms with Gasteiger partial charge >= 0.3 is 0 Å². The molecule has 0 aromatic heterocycles. The zero-order valence-electron chi connectivity index (χ0n) is 12.5. The van der Waals surface area contributed by atoms with Crippen LogP contribution in [0.25, 0.3) is 0 Å². The molecule has 0 N–H and O–H groups in total. The molecule has 118 valence electrons. The molecule has 0 unspecified atom stereocenters. The minimum Gasteiger partial charge on any atom is -0.494 e. The molecule has 0 spiro atoms. The van der Waals surface area contributed by atoms with Crippen LogP contribution in [0.5, 0.6) is 5.75 Å². The molecule has 0 amide bonds. The molecule has 2 rings (SSSR count). The number of hydrogen-bond acceptors (Lipinski definition) is 4. The number of Topliss-reactive ketones (excluding diaryl/α,β-unsaturated/α-hetero) is 1. The number of halogens is 1. The van der Waals surface area contributed by atoms with E-state index >= 15 is 0 Å². The van der Waals surface area contributed by atoms with Gasteiger partial charge in [-0.1, -0.05) is 6.92 Å². The lowest BCUT2D eigenvalue weighted by atomic mass is 10.1. The first kappa shape index (κ1) is 18.3. The number of carbonyl (C=O) groups is 1. The Hall–Kier alpha value is -0.710. The molecular formula is C16H24ClNO2S. The van der Waals surface area contributed by atoms with Crippen molar-refractivity contribution in [2.45, 2.75) is 19.8 Å². The lowest BCUT2D eigenvalue weighted by Crippen LogP contribution is -2.34. The van der Waals surface area contributed by atoms with Gasteiger partial charge in [-0.15, -0.1) is 12.4 Å². The predicted octanol–water partition coefficient (Wildman–Crippen LogP) is 3.52. The van der Waals surface area contributed by atoms with Crippen molar-refractivity contribution >= 4 is 30.0 Å². The first-order valence-electron chi connectivity index (χ1n) is 7.35. The summed E-state index contributed by atoms with van der Waals surface area (Å²) in [5.41, 5.74) is 0.792. The Bertz CT molecular complexity index is 419. The summed E-state index contributed by atoms with van der Waals surface area (Å²) in [5, 5.41) is 0. The summed E-state index contributed by atoms with van der Waals surface area (Å²) in [7, 11) is 0. The first-order chi connectivity index (χ1) is 9.79. The molecule has 1 fully saturated rings. The number of nitrogens with zero attached hydrogens (tertiary/aromatic N) is 1. The first-order valence-corrected chi connectivity index (χ1v) is 8.51. The van der Waals surface area contributed by atoms with Crippen molar-refractivity contribution in [2.24, 2.45) is 0 Å². The third-order valence-electron chi connectivity index (χ3n) is 3.41. The van der Waals surface area contributed by atoms with Crippen molar-refractivity contribution in [2.75, 3.05) is 37.7 Å². The third kappa shape index (κ3) is 6.29. The minimum atomic E-state index is 0. The molecule has 0 radical (unpaired) electrons. The van der Waals surface area contributed by atoms with E-state index in [1.807, 2.05) is 36.0 Å². The Balaban J connectivity index is 0.00000220. The van der Waals surface area contributed by atoms with Crippen molar-refractivity contribution in [3.63, 3.8) is 0 Å². The van der Waals surface area contributed by atoms with Crippen LogP contribution in [0.4, 0.5) is 0 Å². The van der Waals surface area contributed by atoms with Gasteiger partial charge in [0.2, 0.25) is 0 Å². The second-order valence-electron chi connectivity index (χ2n) is 5.00. The van der Waals surface area contributed by atoms with Crippen molar-refractivity contribution in [3.05, 3.63) is 29.8 Å². The second kappa shape index (κ2) is 10.1. The summed E-state index contributed by atoms with van der Waals surface area (Å²) in [6.07, 6.45) is 1.61. The fraction of sp³-hybridized carbons (Fsp3) is 0.562. The highest BCUT2D eigenvalue weighted by Gasteiger charge is 2.13. The van der Waals surface area contributed by atoms with Crippen LogP contribution in [0.15, 0.2) is 24.3 Å².